The molecule has 0 aliphatic rings. The van der Waals surface area contributed by atoms with Crippen molar-refractivity contribution in [3.05, 3.63) is 83.5 Å². The number of benzene rings is 2. The van der Waals surface area contributed by atoms with E-state index in [4.69, 9.17) is 0 Å². The van der Waals surface area contributed by atoms with Crippen molar-refractivity contribution in [1.82, 2.24) is 5.32 Å². The zero-order valence-corrected chi connectivity index (χ0v) is 13.0. The summed E-state index contributed by atoms with van der Waals surface area (Å²) in [6.45, 7) is 5.30. The van der Waals surface area contributed by atoms with Gasteiger partial charge in [0.2, 0.25) is 0 Å². The van der Waals surface area contributed by atoms with Gasteiger partial charge in [-0.1, -0.05) is 48.7 Å². The van der Waals surface area contributed by atoms with Gasteiger partial charge in [-0.25, -0.2) is 4.39 Å². The summed E-state index contributed by atoms with van der Waals surface area (Å²) in [5.41, 5.74) is 2.02. The molecule has 1 N–H and O–H groups in total. The van der Waals surface area contributed by atoms with Crippen molar-refractivity contribution in [2.45, 2.75) is 11.8 Å². The van der Waals surface area contributed by atoms with E-state index in [2.05, 4.69) is 11.9 Å². The van der Waals surface area contributed by atoms with Crippen LogP contribution in [-0.2, 0) is 4.79 Å². The van der Waals surface area contributed by atoms with E-state index < -0.39 is 0 Å². The zero-order valence-electron chi connectivity index (χ0n) is 12.2. The highest BCUT2D eigenvalue weighted by atomic mass is 32.2. The van der Waals surface area contributed by atoms with Gasteiger partial charge in [-0.2, -0.15) is 0 Å². The predicted molar refractivity (Wildman–Crippen MR) is 89.6 cm³/mol. The SMILES string of the molecule is C=C(C)C(=O)N/C(=C\Sc1ccc(F)cc1)c1ccccc1. The number of hydrogen-bond acceptors (Lipinski definition) is 2. The maximum atomic E-state index is 12.9. The number of carbonyl (C=O) groups excluding carboxylic acids is 1. The summed E-state index contributed by atoms with van der Waals surface area (Å²) in [5.74, 6) is -0.498. The van der Waals surface area contributed by atoms with Crippen LogP contribution in [0.15, 0.2) is 77.1 Å². The number of amides is 1. The van der Waals surface area contributed by atoms with Crippen molar-refractivity contribution in [3.8, 4) is 0 Å². The smallest absolute Gasteiger partial charge is 0.250 e. The Balaban J connectivity index is 2.23. The molecule has 2 nitrogen and oxygen atoms in total. The first-order valence-corrected chi connectivity index (χ1v) is 7.59. The van der Waals surface area contributed by atoms with Crippen LogP contribution < -0.4 is 5.32 Å². The minimum absolute atomic E-state index is 0.227. The topological polar surface area (TPSA) is 29.1 Å². The molecule has 2 rings (SSSR count). The summed E-state index contributed by atoms with van der Waals surface area (Å²) in [5, 5.41) is 4.68. The van der Waals surface area contributed by atoms with Crippen LogP contribution in [0.2, 0.25) is 0 Å². The lowest BCUT2D eigenvalue weighted by Crippen LogP contribution is -2.22. The molecule has 1 amide bonds. The fourth-order valence-corrected chi connectivity index (χ4v) is 2.40. The highest BCUT2D eigenvalue weighted by Crippen LogP contribution is 2.24. The first-order valence-electron chi connectivity index (χ1n) is 6.71. The molecule has 2 aromatic carbocycles. The normalized spacial score (nSPS) is 11.1. The molecule has 0 fully saturated rings. The Hall–Kier alpha value is -2.33. The summed E-state index contributed by atoms with van der Waals surface area (Å²) in [6.07, 6.45) is 0. The van der Waals surface area contributed by atoms with E-state index in [1.807, 2.05) is 35.7 Å². The van der Waals surface area contributed by atoms with Crippen LogP contribution in [0.4, 0.5) is 4.39 Å². The molecule has 0 saturated heterocycles. The van der Waals surface area contributed by atoms with Crippen LogP contribution >= 0.6 is 11.8 Å². The molecular weight excluding hydrogens is 297 g/mol. The Labute approximate surface area is 133 Å². The van der Waals surface area contributed by atoms with Crippen molar-refractivity contribution >= 4 is 23.4 Å². The van der Waals surface area contributed by atoms with E-state index in [1.54, 1.807) is 19.1 Å². The molecule has 0 aliphatic carbocycles. The maximum Gasteiger partial charge on any atom is 0.250 e. The predicted octanol–water partition coefficient (Wildman–Crippen LogP) is 4.61. The molecule has 0 bridgehead atoms. The lowest BCUT2D eigenvalue weighted by molar-refractivity contribution is -0.116. The van der Waals surface area contributed by atoms with E-state index in [1.165, 1.54) is 23.9 Å². The minimum atomic E-state index is -0.271. The molecule has 0 unspecified atom stereocenters. The highest BCUT2D eigenvalue weighted by molar-refractivity contribution is 8.02. The van der Waals surface area contributed by atoms with Crippen molar-refractivity contribution in [3.63, 3.8) is 0 Å². The van der Waals surface area contributed by atoms with Gasteiger partial charge in [-0.3, -0.25) is 4.79 Å². The Bertz CT molecular complexity index is 693. The Morgan fingerprint density at radius 1 is 1.14 bits per heavy atom. The summed E-state index contributed by atoms with van der Waals surface area (Å²) in [4.78, 5) is 12.8. The molecule has 112 valence electrons. The molecular formula is C18H16FNOS. The van der Waals surface area contributed by atoms with E-state index in [0.29, 0.717) is 11.3 Å². The van der Waals surface area contributed by atoms with Crippen molar-refractivity contribution in [1.29, 1.82) is 0 Å². The average Bonchev–Trinajstić information content (AvgIpc) is 2.53. The second-order valence-electron chi connectivity index (χ2n) is 4.70. The van der Waals surface area contributed by atoms with Gasteiger partial charge in [-0.05, 0) is 36.8 Å². The number of halogens is 1. The molecule has 4 heteroatoms. The van der Waals surface area contributed by atoms with E-state index in [9.17, 15) is 9.18 Å². The number of rotatable bonds is 5. The fourth-order valence-electron chi connectivity index (χ4n) is 1.66. The van der Waals surface area contributed by atoms with Crippen LogP contribution in [0.5, 0.6) is 0 Å². The van der Waals surface area contributed by atoms with Crippen LogP contribution in [0, 0.1) is 5.82 Å². The molecule has 0 aliphatic heterocycles. The third kappa shape index (κ3) is 4.60. The van der Waals surface area contributed by atoms with E-state index in [0.717, 1.165) is 10.5 Å². The van der Waals surface area contributed by atoms with Gasteiger partial charge in [0.05, 0.1) is 5.70 Å². The molecule has 2 aromatic rings. The number of nitrogens with one attached hydrogen (secondary N) is 1. The molecule has 0 radical (unpaired) electrons. The number of carbonyl (C=O) groups is 1. The Morgan fingerprint density at radius 3 is 2.36 bits per heavy atom. The standard InChI is InChI=1S/C18H16FNOS/c1-13(2)18(21)20-17(14-6-4-3-5-7-14)12-22-16-10-8-15(19)9-11-16/h3-12H,1H2,2H3,(H,20,21)/b17-12-. The monoisotopic (exact) mass is 313 g/mol. The van der Waals surface area contributed by atoms with Gasteiger partial charge in [0.1, 0.15) is 5.82 Å². The number of thioether (sulfide) groups is 1. The van der Waals surface area contributed by atoms with Gasteiger partial charge >= 0.3 is 0 Å². The molecule has 0 spiro atoms. The van der Waals surface area contributed by atoms with E-state index in [-0.39, 0.29) is 11.7 Å². The second kappa shape index (κ2) is 7.61. The average molecular weight is 313 g/mol. The molecule has 22 heavy (non-hydrogen) atoms. The van der Waals surface area contributed by atoms with Crippen LogP contribution in [0.3, 0.4) is 0 Å². The number of hydrogen-bond donors (Lipinski definition) is 1. The van der Waals surface area contributed by atoms with Gasteiger partial charge in [-0.15, -0.1) is 0 Å². The Morgan fingerprint density at radius 2 is 1.77 bits per heavy atom. The van der Waals surface area contributed by atoms with Crippen molar-refractivity contribution in [2.24, 2.45) is 0 Å². The molecule has 0 aromatic heterocycles. The van der Waals surface area contributed by atoms with Gasteiger partial charge < -0.3 is 5.32 Å². The minimum Gasteiger partial charge on any atom is -0.321 e. The highest BCUT2D eigenvalue weighted by Gasteiger charge is 2.07. The lowest BCUT2D eigenvalue weighted by atomic mass is 10.1. The fraction of sp³-hybridized carbons (Fsp3) is 0.0556. The van der Waals surface area contributed by atoms with Crippen molar-refractivity contribution < 1.29 is 9.18 Å². The third-order valence-corrected chi connectivity index (χ3v) is 3.74. The largest absolute Gasteiger partial charge is 0.321 e. The van der Waals surface area contributed by atoms with E-state index >= 15 is 0 Å². The first kappa shape index (κ1) is 16.0. The van der Waals surface area contributed by atoms with Crippen LogP contribution in [0.25, 0.3) is 5.70 Å². The second-order valence-corrected chi connectivity index (χ2v) is 5.65. The summed E-state index contributed by atoms with van der Waals surface area (Å²) in [7, 11) is 0. The van der Waals surface area contributed by atoms with Crippen LogP contribution in [-0.4, -0.2) is 5.91 Å². The van der Waals surface area contributed by atoms with Gasteiger partial charge in [0, 0.05) is 15.9 Å². The summed E-state index contributed by atoms with van der Waals surface area (Å²) >= 11 is 1.41. The molecule has 0 atom stereocenters. The summed E-state index contributed by atoms with van der Waals surface area (Å²) < 4.78 is 12.9. The van der Waals surface area contributed by atoms with Gasteiger partial charge in [0.15, 0.2) is 0 Å². The van der Waals surface area contributed by atoms with Gasteiger partial charge in [0.25, 0.3) is 5.91 Å². The third-order valence-electron chi connectivity index (χ3n) is 2.85. The molecule has 0 saturated carbocycles. The first-order chi connectivity index (χ1) is 10.6. The van der Waals surface area contributed by atoms with Crippen LogP contribution in [0.1, 0.15) is 12.5 Å². The summed E-state index contributed by atoms with van der Waals surface area (Å²) in [6, 6.07) is 15.7. The molecule has 0 heterocycles. The lowest BCUT2D eigenvalue weighted by Gasteiger charge is -2.10. The Kier molecular flexibility index (Phi) is 5.55. The maximum absolute atomic E-state index is 12.9. The quantitative estimate of drug-likeness (QED) is 0.645. The van der Waals surface area contributed by atoms with Crippen molar-refractivity contribution in [2.75, 3.05) is 0 Å². The zero-order chi connectivity index (χ0) is 15.9.